The predicted molar refractivity (Wildman–Crippen MR) is 103 cm³/mol. The van der Waals surface area contributed by atoms with Crippen LogP contribution in [0.3, 0.4) is 0 Å². The number of aromatic nitrogens is 2. The van der Waals surface area contributed by atoms with Crippen molar-refractivity contribution in [2.75, 3.05) is 14.2 Å². The van der Waals surface area contributed by atoms with Crippen molar-refractivity contribution < 1.29 is 23.6 Å². The number of methoxy groups -OCH3 is 1. The number of hydrogen-bond donors (Lipinski definition) is 0. The average molecular weight is 395 g/mol. The topological polar surface area (TPSA) is 94.8 Å². The summed E-state index contributed by atoms with van der Waals surface area (Å²) in [5.41, 5.74) is 1.33. The highest BCUT2D eigenvalue weighted by atomic mass is 16.5. The molecule has 150 valence electrons. The molecule has 3 aromatic rings. The van der Waals surface area contributed by atoms with E-state index in [-0.39, 0.29) is 24.2 Å². The molecule has 1 atom stereocenters. The molecular formula is C21H21N3O5. The molecule has 0 saturated heterocycles. The van der Waals surface area contributed by atoms with Gasteiger partial charge in [0.05, 0.1) is 24.4 Å². The molecule has 1 amide bonds. The van der Waals surface area contributed by atoms with Gasteiger partial charge in [-0.1, -0.05) is 17.3 Å². The SMILES string of the molecule is COC(=O)c1cccc(OCc2cc(C(=O)N(C)C(C)c3ccccn3)no2)c1. The van der Waals surface area contributed by atoms with Crippen LogP contribution in [0, 0.1) is 0 Å². The maximum absolute atomic E-state index is 12.7. The van der Waals surface area contributed by atoms with E-state index in [2.05, 4.69) is 14.9 Å². The van der Waals surface area contributed by atoms with Crippen molar-refractivity contribution in [1.82, 2.24) is 15.0 Å². The fourth-order valence-corrected chi connectivity index (χ4v) is 2.65. The largest absolute Gasteiger partial charge is 0.486 e. The number of ether oxygens (including phenoxy) is 2. The highest BCUT2D eigenvalue weighted by molar-refractivity contribution is 5.92. The van der Waals surface area contributed by atoms with Gasteiger partial charge in [0.25, 0.3) is 5.91 Å². The molecule has 29 heavy (non-hydrogen) atoms. The normalized spacial score (nSPS) is 11.6. The van der Waals surface area contributed by atoms with Gasteiger partial charge in [0.2, 0.25) is 0 Å². The minimum absolute atomic E-state index is 0.0599. The Balaban J connectivity index is 1.63. The molecule has 1 unspecified atom stereocenters. The second-order valence-electron chi connectivity index (χ2n) is 6.33. The van der Waals surface area contributed by atoms with Crippen LogP contribution in [0.25, 0.3) is 0 Å². The van der Waals surface area contributed by atoms with Crippen molar-refractivity contribution in [3.63, 3.8) is 0 Å². The summed E-state index contributed by atoms with van der Waals surface area (Å²) in [6.45, 7) is 1.95. The van der Waals surface area contributed by atoms with Crippen LogP contribution in [0.4, 0.5) is 0 Å². The molecule has 3 rings (SSSR count). The third-order valence-electron chi connectivity index (χ3n) is 4.43. The molecule has 0 saturated carbocycles. The summed E-state index contributed by atoms with van der Waals surface area (Å²) in [6, 6.07) is 13.5. The minimum atomic E-state index is -0.451. The number of carbonyl (C=O) groups is 2. The van der Waals surface area contributed by atoms with E-state index in [4.69, 9.17) is 9.26 Å². The molecular weight excluding hydrogens is 374 g/mol. The molecule has 0 fully saturated rings. The van der Waals surface area contributed by atoms with Crippen LogP contribution in [-0.4, -0.2) is 41.1 Å². The van der Waals surface area contributed by atoms with Crippen molar-refractivity contribution in [2.24, 2.45) is 0 Å². The van der Waals surface area contributed by atoms with E-state index in [0.717, 1.165) is 5.69 Å². The van der Waals surface area contributed by atoms with Crippen LogP contribution in [0.2, 0.25) is 0 Å². The number of benzene rings is 1. The van der Waals surface area contributed by atoms with E-state index < -0.39 is 5.97 Å². The van der Waals surface area contributed by atoms with Gasteiger partial charge in [-0.2, -0.15) is 0 Å². The van der Waals surface area contributed by atoms with Gasteiger partial charge >= 0.3 is 5.97 Å². The number of rotatable bonds is 7. The van der Waals surface area contributed by atoms with Gasteiger partial charge in [-0.05, 0) is 37.3 Å². The maximum atomic E-state index is 12.7. The quantitative estimate of drug-likeness (QED) is 0.567. The first-order valence-electron chi connectivity index (χ1n) is 8.94. The van der Waals surface area contributed by atoms with E-state index in [1.54, 1.807) is 42.4 Å². The predicted octanol–water partition coefficient (Wildman–Crippen LogP) is 3.27. The lowest BCUT2D eigenvalue weighted by Crippen LogP contribution is -2.30. The zero-order valence-electron chi connectivity index (χ0n) is 16.4. The Morgan fingerprint density at radius 2 is 2.00 bits per heavy atom. The van der Waals surface area contributed by atoms with Crippen molar-refractivity contribution >= 4 is 11.9 Å². The van der Waals surface area contributed by atoms with Gasteiger partial charge in [0.1, 0.15) is 12.4 Å². The van der Waals surface area contributed by atoms with Crippen molar-refractivity contribution in [1.29, 1.82) is 0 Å². The van der Waals surface area contributed by atoms with E-state index in [9.17, 15) is 9.59 Å². The monoisotopic (exact) mass is 395 g/mol. The van der Waals surface area contributed by atoms with Crippen LogP contribution in [0.15, 0.2) is 59.3 Å². The summed E-state index contributed by atoms with van der Waals surface area (Å²) in [4.78, 5) is 30.1. The van der Waals surface area contributed by atoms with E-state index in [0.29, 0.717) is 17.1 Å². The maximum Gasteiger partial charge on any atom is 0.337 e. The number of carbonyl (C=O) groups excluding carboxylic acids is 2. The third kappa shape index (κ3) is 4.78. The second-order valence-corrected chi connectivity index (χ2v) is 6.33. The Kier molecular flexibility index (Phi) is 6.23. The number of nitrogens with zero attached hydrogens (tertiary/aromatic N) is 3. The lowest BCUT2D eigenvalue weighted by molar-refractivity contribution is 0.0599. The summed E-state index contributed by atoms with van der Waals surface area (Å²) in [5, 5.41) is 3.84. The number of amides is 1. The van der Waals surface area contributed by atoms with E-state index in [1.165, 1.54) is 13.2 Å². The van der Waals surface area contributed by atoms with Crippen LogP contribution >= 0.6 is 0 Å². The van der Waals surface area contributed by atoms with E-state index >= 15 is 0 Å². The smallest absolute Gasteiger partial charge is 0.337 e. The van der Waals surface area contributed by atoms with Crippen LogP contribution in [0.1, 0.15) is 45.3 Å². The summed E-state index contributed by atoms with van der Waals surface area (Å²) in [6.07, 6.45) is 1.69. The summed E-state index contributed by atoms with van der Waals surface area (Å²) >= 11 is 0. The van der Waals surface area contributed by atoms with Crippen LogP contribution < -0.4 is 4.74 Å². The van der Waals surface area contributed by atoms with Crippen molar-refractivity contribution in [2.45, 2.75) is 19.6 Å². The molecule has 0 radical (unpaired) electrons. The highest BCUT2D eigenvalue weighted by Gasteiger charge is 2.23. The Bertz CT molecular complexity index is 987. The second kappa shape index (κ2) is 9.01. The molecule has 0 aliphatic carbocycles. The first-order valence-corrected chi connectivity index (χ1v) is 8.94. The zero-order chi connectivity index (χ0) is 20.8. The van der Waals surface area contributed by atoms with Crippen LogP contribution in [-0.2, 0) is 11.3 Å². The third-order valence-corrected chi connectivity index (χ3v) is 4.43. The molecule has 2 aromatic heterocycles. The fourth-order valence-electron chi connectivity index (χ4n) is 2.65. The molecule has 0 N–H and O–H groups in total. The first kappa shape index (κ1) is 20.1. The Labute approximate surface area is 168 Å². The number of esters is 1. The molecule has 2 heterocycles. The zero-order valence-corrected chi connectivity index (χ0v) is 16.4. The van der Waals surface area contributed by atoms with E-state index in [1.807, 2.05) is 25.1 Å². The Hall–Kier alpha value is -3.68. The van der Waals surface area contributed by atoms with Gasteiger partial charge < -0.3 is 18.9 Å². The highest BCUT2D eigenvalue weighted by Crippen LogP contribution is 2.20. The summed E-state index contributed by atoms with van der Waals surface area (Å²) in [7, 11) is 3.00. The number of hydrogen-bond acceptors (Lipinski definition) is 7. The summed E-state index contributed by atoms with van der Waals surface area (Å²) in [5.74, 6) is 0.118. The first-order chi connectivity index (χ1) is 14.0. The molecule has 0 aliphatic heterocycles. The van der Waals surface area contributed by atoms with Crippen molar-refractivity contribution in [3.8, 4) is 5.75 Å². The molecule has 0 bridgehead atoms. The minimum Gasteiger partial charge on any atom is -0.486 e. The fraction of sp³-hybridized carbons (Fsp3) is 0.238. The summed E-state index contributed by atoms with van der Waals surface area (Å²) < 4.78 is 15.5. The van der Waals surface area contributed by atoms with Gasteiger partial charge in [0, 0.05) is 19.3 Å². The number of pyridine rings is 1. The molecule has 8 heteroatoms. The molecule has 8 nitrogen and oxygen atoms in total. The Morgan fingerprint density at radius 1 is 1.17 bits per heavy atom. The van der Waals surface area contributed by atoms with Gasteiger partial charge in [-0.3, -0.25) is 9.78 Å². The lowest BCUT2D eigenvalue weighted by atomic mass is 10.2. The Morgan fingerprint density at radius 3 is 2.72 bits per heavy atom. The van der Waals surface area contributed by atoms with Gasteiger partial charge in [0.15, 0.2) is 11.5 Å². The molecule has 0 spiro atoms. The molecule has 0 aliphatic rings. The van der Waals surface area contributed by atoms with Crippen molar-refractivity contribution in [3.05, 3.63) is 77.4 Å². The standard InChI is InChI=1S/C21H21N3O5/c1-14(18-9-4-5-10-22-18)24(2)20(25)19-12-17(29-23-19)13-28-16-8-6-7-15(11-16)21(26)27-3/h4-12,14H,13H2,1-3H3. The van der Waals surface area contributed by atoms with Gasteiger partial charge in [-0.15, -0.1) is 0 Å². The molecule has 1 aromatic carbocycles. The van der Waals surface area contributed by atoms with Crippen LogP contribution in [0.5, 0.6) is 5.75 Å². The average Bonchev–Trinajstić information content (AvgIpc) is 3.25. The van der Waals surface area contributed by atoms with Gasteiger partial charge in [-0.25, -0.2) is 4.79 Å². The lowest BCUT2D eigenvalue weighted by Gasteiger charge is -2.23.